The fourth-order valence-electron chi connectivity index (χ4n) is 1.09. The van der Waals surface area contributed by atoms with Crippen LogP contribution >= 0.6 is 11.3 Å². The van der Waals surface area contributed by atoms with E-state index in [9.17, 15) is 16.8 Å². The van der Waals surface area contributed by atoms with Crippen LogP contribution in [-0.2, 0) is 20.0 Å². The largest absolute Gasteiger partial charge is 0.361 e. The van der Waals surface area contributed by atoms with Gasteiger partial charge in [0.2, 0.25) is 20.1 Å². The van der Waals surface area contributed by atoms with Gasteiger partial charge >= 0.3 is 10.1 Å². The van der Waals surface area contributed by atoms with Crippen LogP contribution in [0.5, 0.6) is 5.88 Å². The molecule has 1 heterocycles. The quantitative estimate of drug-likeness (QED) is 0.751. The number of hydrogen-bond donors (Lipinski definition) is 0. The van der Waals surface area contributed by atoms with Crippen LogP contribution in [0.15, 0.2) is 9.72 Å². The Bertz CT molecular complexity index is 584. The van der Waals surface area contributed by atoms with Gasteiger partial charge < -0.3 is 4.18 Å². The molecule has 0 saturated heterocycles. The SMILES string of the molecule is CC(C)CS(=O)(=O)c1nc(OS(C)(=O)=O)cs1. The van der Waals surface area contributed by atoms with E-state index >= 15 is 0 Å². The molecule has 6 nitrogen and oxygen atoms in total. The van der Waals surface area contributed by atoms with E-state index in [4.69, 9.17) is 0 Å². The Morgan fingerprint density at radius 2 is 1.94 bits per heavy atom. The number of nitrogens with zero attached hydrogens (tertiary/aromatic N) is 1. The summed E-state index contributed by atoms with van der Waals surface area (Å²) in [6, 6.07) is 0. The average Bonchev–Trinajstić information content (AvgIpc) is 2.46. The molecule has 0 atom stereocenters. The first-order chi connectivity index (χ1) is 7.60. The van der Waals surface area contributed by atoms with Crippen molar-refractivity contribution in [3.8, 4) is 5.88 Å². The lowest BCUT2D eigenvalue weighted by Gasteiger charge is -2.02. The van der Waals surface area contributed by atoms with Gasteiger partial charge in [0, 0.05) is 0 Å². The van der Waals surface area contributed by atoms with Crippen LogP contribution < -0.4 is 4.18 Å². The van der Waals surface area contributed by atoms with Crippen LogP contribution in [0.3, 0.4) is 0 Å². The first-order valence-corrected chi connectivity index (χ1v) is 9.03. The van der Waals surface area contributed by atoms with Gasteiger partial charge in [-0.05, 0) is 5.92 Å². The van der Waals surface area contributed by atoms with Gasteiger partial charge in [-0.25, -0.2) is 8.42 Å². The zero-order valence-electron chi connectivity index (χ0n) is 9.58. The molecule has 0 saturated carbocycles. The summed E-state index contributed by atoms with van der Waals surface area (Å²) in [5, 5.41) is 1.26. The topological polar surface area (TPSA) is 90.4 Å². The van der Waals surface area contributed by atoms with Gasteiger partial charge in [0.25, 0.3) is 0 Å². The summed E-state index contributed by atoms with van der Waals surface area (Å²) in [4.78, 5) is 3.65. The summed E-state index contributed by atoms with van der Waals surface area (Å²) < 4.78 is 49.6. The van der Waals surface area contributed by atoms with Gasteiger partial charge in [-0.1, -0.05) is 13.8 Å². The van der Waals surface area contributed by atoms with Gasteiger partial charge in [-0.15, -0.1) is 11.3 Å². The molecule has 0 spiro atoms. The van der Waals surface area contributed by atoms with E-state index in [-0.39, 0.29) is 21.9 Å². The van der Waals surface area contributed by atoms with Crippen LogP contribution in [0.1, 0.15) is 13.8 Å². The molecule has 1 aromatic rings. The molecule has 0 aliphatic heterocycles. The molecule has 1 rings (SSSR count). The van der Waals surface area contributed by atoms with E-state index in [1.807, 2.05) is 0 Å². The van der Waals surface area contributed by atoms with Crippen LogP contribution in [0.25, 0.3) is 0 Å². The lowest BCUT2D eigenvalue weighted by atomic mass is 10.3. The van der Waals surface area contributed by atoms with E-state index in [1.54, 1.807) is 13.8 Å². The smallest absolute Gasteiger partial charge is 0.307 e. The number of hydrogen-bond acceptors (Lipinski definition) is 7. The van der Waals surface area contributed by atoms with Crippen molar-refractivity contribution in [2.45, 2.75) is 18.2 Å². The highest BCUT2D eigenvalue weighted by molar-refractivity contribution is 7.93. The summed E-state index contributed by atoms with van der Waals surface area (Å²) in [5.74, 6) is -0.262. The van der Waals surface area contributed by atoms with E-state index in [2.05, 4.69) is 9.17 Å². The summed E-state index contributed by atoms with van der Waals surface area (Å²) in [6.45, 7) is 3.55. The highest BCUT2D eigenvalue weighted by Crippen LogP contribution is 2.23. The Labute approximate surface area is 105 Å². The third-order valence-electron chi connectivity index (χ3n) is 1.52. The predicted octanol–water partition coefficient (Wildman–Crippen LogP) is 0.911. The maximum absolute atomic E-state index is 11.8. The maximum atomic E-state index is 11.8. The zero-order valence-corrected chi connectivity index (χ0v) is 12.0. The normalized spacial score (nSPS) is 12.9. The van der Waals surface area contributed by atoms with E-state index in [0.717, 1.165) is 17.6 Å². The van der Waals surface area contributed by atoms with Crippen molar-refractivity contribution >= 4 is 31.3 Å². The highest BCUT2D eigenvalue weighted by Gasteiger charge is 2.21. The molecule has 0 radical (unpaired) electrons. The van der Waals surface area contributed by atoms with Crippen molar-refractivity contribution in [1.82, 2.24) is 4.98 Å². The molecule has 0 amide bonds. The highest BCUT2D eigenvalue weighted by atomic mass is 32.2. The summed E-state index contributed by atoms with van der Waals surface area (Å²) >= 11 is 0.851. The van der Waals surface area contributed by atoms with Crippen molar-refractivity contribution < 1.29 is 21.0 Å². The maximum Gasteiger partial charge on any atom is 0.307 e. The lowest BCUT2D eigenvalue weighted by Crippen LogP contribution is -2.12. The van der Waals surface area contributed by atoms with Gasteiger partial charge in [0.15, 0.2) is 0 Å². The first kappa shape index (κ1) is 14.4. The third-order valence-corrected chi connectivity index (χ3v) is 5.38. The summed E-state index contributed by atoms with van der Waals surface area (Å²) in [5.41, 5.74) is 0. The molecule has 0 bridgehead atoms. The van der Waals surface area contributed by atoms with E-state index in [0.29, 0.717) is 0 Å². The summed E-state index contributed by atoms with van der Waals surface area (Å²) in [7, 11) is -7.14. The molecular weight excluding hydrogens is 286 g/mol. The minimum absolute atomic E-state index is 0.0248. The standard InChI is InChI=1S/C8H13NO5S3/c1-6(2)5-17(12,13)8-9-7(4-15-8)14-16(3,10)11/h4,6H,5H2,1-3H3. The Hall–Kier alpha value is -0.670. The number of aromatic nitrogens is 1. The molecule has 0 fully saturated rings. The van der Waals surface area contributed by atoms with Crippen LogP contribution in [0, 0.1) is 5.92 Å². The van der Waals surface area contributed by atoms with E-state index in [1.165, 1.54) is 5.38 Å². The minimum Gasteiger partial charge on any atom is -0.361 e. The predicted molar refractivity (Wildman–Crippen MR) is 64.5 cm³/mol. The monoisotopic (exact) mass is 299 g/mol. The Kier molecular flexibility index (Phi) is 4.15. The van der Waals surface area contributed by atoms with Gasteiger partial charge in [0.05, 0.1) is 17.4 Å². The molecule has 0 N–H and O–H groups in total. The van der Waals surface area contributed by atoms with Gasteiger partial charge in [-0.3, -0.25) is 0 Å². The molecule has 17 heavy (non-hydrogen) atoms. The second-order valence-corrected chi connectivity index (χ2v) is 8.56. The van der Waals surface area contributed by atoms with Crippen molar-refractivity contribution in [2.24, 2.45) is 5.92 Å². The Morgan fingerprint density at radius 1 is 1.35 bits per heavy atom. The number of thiazole rings is 1. The molecule has 0 unspecified atom stereocenters. The fourth-order valence-corrected chi connectivity index (χ4v) is 4.18. The molecule has 0 aliphatic rings. The molecule has 1 aromatic heterocycles. The second kappa shape index (κ2) is 4.91. The van der Waals surface area contributed by atoms with Crippen LogP contribution in [0.4, 0.5) is 0 Å². The molecule has 0 aliphatic carbocycles. The molecule has 98 valence electrons. The molecule has 9 heteroatoms. The second-order valence-electron chi connectivity index (χ2n) is 3.91. The Morgan fingerprint density at radius 3 is 2.41 bits per heavy atom. The Balaban J connectivity index is 2.96. The van der Waals surface area contributed by atoms with Crippen molar-refractivity contribution in [3.63, 3.8) is 0 Å². The van der Waals surface area contributed by atoms with Gasteiger partial charge in [0.1, 0.15) is 0 Å². The fraction of sp³-hybridized carbons (Fsp3) is 0.625. The van der Waals surface area contributed by atoms with E-state index < -0.39 is 20.0 Å². The minimum atomic E-state index is -3.68. The van der Waals surface area contributed by atoms with Crippen LogP contribution in [-0.4, -0.2) is 33.8 Å². The number of rotatable bonds is 5. The first-order valence-electron chi connectivity index (χ1n) is 4.68. The molecule has 0 aromatic carbocycles. The van der Waals surface area contributed by atoms with Crippen LogP contribution in [0.2, 0.25) is 0 Å². The lowest BCUT2D eigenvalue weighted by molar-refractivity contribution is 0.482. The van der Waals surface area contributed by atoms with Crippen molar-refractivity contribution in [2.75, 3.05) is 12.0 Å². The number of sulfone groups is 1. The zero-order chi connectivity index (χ0) is 13.3. The van der Waals surface area contributed by atoms with Gasteiger partial charge in [-0.2, -0.15) is 13.4 Å². The van der Waals surface area contributed by atoms with Crippen molar-refractivity contribution in [3.05, 3.63) is 5.38 Å². The molecular formula is C8H13NO5S3. The summed E-state index contributed by atoms with van der Waals surface area (Å²) in [6.07, 6.45) is 0.870. The van der Waals surface area contributed by atoms with Crippen molar-refractivity contribution in [1.29, 1.82) is 0 Å². The average molecular weight is 299 g/mol. The third kappa shape index (κ3) is 4.60.